The molecule has 0 bridgehead atoms. The van der Waals surface area contributed by atoms with Crippen LogP contribution in [0.4, 0.5) is 11.5 Å². The van der Waals surface area contributed by atoms with Gasteiger partial charge in [0.2, 0.25) is 0 Å². The predicted molar refractivity (Wildman–Crippen MR) is 127 cm³/mol. The van der Waals surface area contributed by atoms with Gasteiger partial charge in [0.25, 0.3) is 5.91 Å². The molecule has 1 aliphatic heterocycles. The minimum absolute atomic E-state index is 0.102. The molecule has 0 aliphatic carbocycles. The zero-order valence-electron chi connectivity index (χ0n) is 18.9. The van der Waals surface area contributed by atoms with Gasteiger partial charge in [-0.25, -0.2) is 4.98 Å². The molecule has 1 aromatic carbocycles. The lowest BCUT2D eigenvalue weighted by Gasteiger charge is -2.32. The lowest BCUT2D eigenvalue weighted by Crippen LogP contribution is -2.42. The van der Waals surface area contributed by atoms with Crippen LogP contribution < -0.4 is 5.32 Å². The van der Waals surface area contributed by atoms with Gasteiger partial charge in [-0.05, 0) is 57.2 Å². The van der Waals surface area contributed by atoms with E-state index in [9.17, 15) is 4.79 Å². The van der Waals surface area contributed by atoms with Gasteiger partial charge in [-0.2, -0.15) is 5.10 Å². The number of aryl methyl sites for hydroxylation is 3. The van der Waals surface area contributed by atoms with Crippen molar-refractivity contribution >= 4 is 28.3 Å². The van der Waals surface area contributed by atoms with Crippen molar-refractivity contribution in [2.45, 2.75) is 26.9 Å². The number of carbonyl (C=O) groups excluding carboxylic acids is 1. The Morgan fingerprint density at radius 1 is 1.09 bits per heavy atom. The normalized spacial score (nSPS) is 16.2. The summed E-state index contributed by atoms with van der Waals surface area (Å²) in [6.07, 6.45) is -0.319. The van der Waals surface area contributed by atoms with Crippen molar-refractivity contribution in [1.82, 2.24) is 25.1 Å². The summed E-state index contributed by atoms with van der Waals surface area (Å²) in [4.78, 5) is 24.3. The van der Waals surface area contributed by atoms with Crippen molar-refractivity contribution in [3.8, 4) is 0 Å². The van der Waals surface area contributed by atoms with Crippen molar-refractivity contribution < 1.29 is 9.53 Å². The number of hydrogen-bond donors (Lipinski definition) is 2. The van der Waals surface area contributed by atoms with Crippen LogP contribution in [0.5, 0.6) is 0 Å². The van der Waals surface area contributed by atoms with Crippen LogP contribution in [0.1, 0.15) is 39.2 Å². The molecule has 4 aromatic rings. The maximum atomic E-state index is 13.3. The summed E-state index contributed by atoms with van der Waals surface area (Å²) in [6, 6.07) is 15.7. The number of aromatic amines is 1. The van der Waals surface area contributed by atoms with Gasteiger partial charge < -0.3 is 15.0 Å². The Balaban J connectivity index is 1.37. The van der Waals surface area contributed by atoms with E-state index < -0.39 is 0 Å². The van der Waals surface area contributed by atoms with Gasteiger partial charge in [0.15, 0.2) is 5.69 Å². The number of benzene rings is 1. The average molecular weight is 443 g/mol. The van der Waals surface area contributed by atoms with E-state index in [1.54, 1.807) is 4.90 Å². The van der Waals surface area contributed by atoms with Crippen molar-refractivity contribution in [3.63, 3.8) is 0 Å². The molecule has 1 atom stereocenters. The van der Waals surface area contributed by atoms with Crippen molar-refractivity contribution in [1.29, 1.82) is 0 Å². The lowest BCUT2D eigenvalue weighted by atomic mass is 10.1. The molecule has 1 fully saturated rings. The molecule has 33 heavy (non-hydrogen) atoms. The molecular formula is C25H26N6O2. The second kappa shape index (κ2) is 8.63. The van der Waals surface area contributed by atoms with E-state index in [4.69, 9.17) is 4.74 Å². The first-order valence-corrected chi connectivity index (χ1v) is 11.0. The number of rotatable bonds is 4. The van der Waals surface area contributed by atoms with E-state index in [0.717, 1.165) is 45.1 Å². The smallest absolute Gasteiger partial charge is 0.275 e. The summed E-state index contributed by atoms with van der Waals surface area (Å²) in [5, 5.41) is 11.5. The Kier molecular flexibility index (Phi) is 5.51. The highest BCUT2D eigenvalue weighted by Gasteiger charge is 2.29. The van der Waals surface area contributed by atoms with E-state index in [2.05, 4.69) is 25.5 Å². The molecule has 0 saturated carbocycles. The summed E-state index contributed by atoms with van der Waals surface area (Å²) >= 11 is 0. The third-order valence-electron chi connectivity index (χ3n) is 5.74. The number of hydrogen-bond acceptors (Lipinski definition) is 6. The second-order valence-electron chi connectivity index (χ2n) is 8.44. The molecule has 1 amide bonds. The standard InChI is InChI=1S/C25H26N6O2/c1-15-7-8-20-19(11-15)24(30-29-20)25(32)31-9-10-33-22(14-31)21-13-18(12-17(3)26-21)28-23-6-4-5-16(2)27-23/h4-8,11-13,22H,9-10,14H2,1-3H3,(H,29,30)(H,26,27,28). The number of H-pyrrole nitrogens is 1. The van der Waals surface area contributed by atoms with Crippen molar-refractivity contribution in [2.24, 2.45) is 0 Å². The third-order valence-corrected chi connectivity index (χ3v) is 5.74. The number of nitrogens with zero attached hydrogens (tertiary/aromatic N) is 4. The van der Waals surface area contributed by atoms with Crippen LogP contribution in [0.25, 0.3) is 10.9 Å². The SMILES string of the molecule is Cc1ccc2[nH]nc(C(=O)N3CCOC(c4cc(Nc5cccc(C)n5)cc(C)n4)C3)c2c1. The lowest BCUT2D eigenvalue weighted by molar-refractivity contribution is -0.0248. The first-order valence-electron chi connectivity index (χ1n) is 11.0. The highest BCUT2D eigenvalue weighted by molar-refractivity contribution is 6.04. The molecule has 1 unspecified atom stereocenters. The Bertz CT molecular complexity index is 1330. The highest BCUT2D eigenvalue weighted by atomic mass is 16.5. The zero-order chi connectivity index (χ0) is 22.9. The average Bonchev–Trinajstić information content (AvgIpc) is 3.21. The minimum atomic E-state index is -0.319. The fourth-order valence-corrected chi connectivity index (χ4v) is 4.15. The fourth-order valence-electron chi connectivity index (χ4n) is 4.15. The Morgan fingerprint density at radius 2 is 1.97 bits per heavy atom. The largest absolute Gasteiger partial charge is 0.368 e. The number of carbonyl (C=O) groups is 1. The van der Waals surface area contributed by atoms with Gasteiger partial charge in [0.05, 0.1) is 24.4 Å². The van der Waals surface area contributed by atoms with E-state index in [1.165, 1.54) is 0 Å². The number of ether oxygens (including phenoxy) is 1. The summed E-state index contributed by atoms with van der Waals surface area (Å²) in [5.74, 6) is 0.670. The maximum absolute atomic E-state index is 13.3. The summed E-state index contributed by atoms with van der Waals surface area (Å²) in [7, 11) is 0. The summed E-state index contributed by atoms with van der Waals surface area (Å²) in [5.41, 5.74) is 5.86. The van der Waals surface area contributed by atoms with Crippen molar-refractivity contribution in [3.05, 3.63) is 76.9 Å². The number of amides is 1. The molecule has 1 aliphatic rings. The Labute approximate surface area is 192 Å². The fraction of sp³-hybridized carbons (Fsp3) is 0.280. The molecule has 0 radical (unpaired) electrons. The molecule has 3 aromatic heterocycles. The molecule has 5 rings (SSSR count). The summed E-state index contributed by atoms with van der Waals surface area (Å²) < 4.78 is 6.02. The number of pyridine rings is 2. The number of morpholine rings is 1. The van der Waals surface area contributed by atoms with Crippen LogP contribution in [0.3, 0.4) is 0 Å². The van der Waals surface area contributed by atoms with E-state index in [0.29, 0.717) is 25.4 Å². The summed E-state index contributed by atoms with van der Waals surface area (Å²) in [6.45, 7) is 7.28. The Hall–Kier alpha value is -3.78. The molecular weight excluding hydrogens is 416 g/mol. The van der Waals surface area contributed by atoms with Gasteiger partial charge in [-0.3, -0.25) is 14.9 Å². The van der Waals surface area contributed by atoms with Gasteiger partial charge >= 0.3 is 0 Å². The van der Waals surface area contributed by atoms with E-state index in [-0.39, 0.29) is 12.0 Å². The molecule has 8 heteroatoms. The quantitative estimate of drug-likeness (QED) is 0.491. The number of aromatic nitrogens is 4. The molecule has 2 N–H and O–H groups in total. The topological polar surface area (TPSA) is 96.0 Å². The van der Waals surface area contributed by atoms with Crippen LogP contribution in [0, 0.1) is 20.8 Å². The van der Waals surface area contributed by atoms with Crippen LogP contribution in [-0.2, 0) is 4.74 Å². The van der Waals surface area contributed by atoms with Crippen LogP contribution >= 0.6 is 0 Å². The van der Waals surface area contributed by atoms with Gasteiger partial charge in [-0.15, -0.1) is 0 Å². The predicted octanol–water partition coefficient (Wildman–Crippen LogP) is 4.24. The molecule has 8 nitrogen and oxygen atoms in total. The van der Waals surface area contributed by atoms with Gasteiger partial charge in [0, 0.05) is 29.0 Å². The van der Waals surface area contributed by atoms with Crippen molar-refractivity contribution in [2.75, 3.05) is 25.0 Å². The number of fused-ring (bicyclic) bond motifs is 1. The van der Waals surface area contributed by atoms with Crippen LogP contribution in [-0.4, -0.2) is 50.7 Å². The van der Waals surface area contributed by atoms with Crippen LogP contribution in [0.15, 0.2) is 48.5 Å². The molecule has 4 heterocycles. The first-order chi connectivity index (χ1) is 16.0. The highest BCUT2D eigenvalue weighted by Crippen LogP contribution is 2.27. The maximum Gasteiger partial charge on any atom is 0.275 e. The molecule has 168 valence electrons. The van der Waals surface area contributed by atoms with Crippen LogP contribution in [0.2, 0.25) is 0 Å². The third kappa shape index (κ3) is 4.42. The zero-order valence-corrected chi connectivity index (χ0v) is 18.9. The van der Waals surface area contributed by atoms with Gasteiger partial charge in [-0.1, -0.05) is 17.7 Å². The molecule has 1 saturated heterocycles. The first kappa shape index (κ1) is 21.1. The number of nitrogens with one attached hydrogen (secondary N) is 2. The van der Waals surface area contributed by atoms with E-state index in [1.807, 2.05) is 69.3 Å². The van der Waals surface area contributed by atoms with Gasteiger partial charge in [0.1, 0.15) is 11.9 Å². The van der Waals surface area contributed by atoms with E-state index >= 15 is 0 Å². The monoisotopic (exact) mass is 442 g/mol. The minimum Gasteiger partial charge on any atom is -0.368 e. The Morgan fingerprint density at radius 3 is 2.82 bits per heavy atom. The molecule has 0 spiro atoms. The number of anilines is 2. The second-order valence-corrected chi connectivity index (χ2v) is 8.44.